The van der Waals surface area contributed by atoms with Crippen molar-refractivity contribution in [3.63, 3.8) is 0 Å². The molecule has 0 fully saturated rings. The van der Waals surface area contributed by atoms with Crippen LogP contribution in [0.25, 0.3) is 0 Å². The molecule has 0 aliphatic rings. The van der Waals surface area contributed by atoms with Gasteiger partial charge < -0.3 is 5.11 Å². The molecular formula is C16H27F7O. The van der Waals surface area contributed by atoms with Gasteiger partial charge in [-0.3, -0.25) is 0 Å². The number of unbranched alkanes of at least 4 members (excludes halogenated alkanes) is 7. The summed E-state index contributed by atoms with van der Waals surface area (Å²) in [6, 6.07) is 0. The predicted molar refractivity (Wildman–Crippen MR) is 78.4 cm³/mol. The van der Waals surface area contributed by atoms with E-state index in [4.69, 9.17) is 0 Å². The first kappa shape index (κ1) is 23.5. The molecule has 0 aromatic heterocycles. The van der Waals surface area contributed by atoms with Crippen molar-refractivity contribution in [1.82, 2.24) is 0 Å². The summed E-state index contributed by atoms with van der Waals surface area (Å²) >= 11 is 0. The highest BCUT2D eigenvalue weighted by atomic mass is 19.4. The maximum Gasteiger partial charge on any atom is 0.459 e. The standard InChI is InChI=1S/C16H27F7O/c1-3-4-5-6-7-8-9-10-11-13(2,24)12-14(17,18)15(19,20)16(21,22)23/h24H,3-12H2,1-2H3. The first-order chi connectivity index (χ1) is 10.8. The van der Waals surface area contributed by atoms with Crippen molar-refractivity contribution < 1.29 is 35.8 Å². The lowest BCUT2D eigenvalue weighted by Gasteiger charge is -2.33. The second-order valence-corrected chi connectivity index (χ2v) is 6.68. The SMILES string of the molecule is CCCCCCCCCCC(C)(O)CC(F)(F)C(F)(F)C(F)(F)F. The van der Waals surface area contributed by atoms with Crippen LogP contribution in [0.5, 0.6) is 0 Å². The topological polar surface area (TPSA) is 20.2 Å². The quantitative estimate of drug-likeness (QED) is 0.308. The Hall–Kier alpha value is -0.530. The molecule has 0 spiro atoms. The molecule has 0 aromatic carbocycles. The van der Waals surface area contributed by atoms with Crippen molar-refractivity contribution in [3.05, 3.63) is 0 Å². The van der Waals surface area contributed by atoms with E-state index in [0.29, 0.717) is 12.8 Å². The fourth-order valence-electron chi connectivity index (χ4n) is 2.52. The third kappa shape index (κ3) is 7.57. The van der Waals surface area contributed by atoms with E-state index < -0.39 is 30.0 Å². The van der Waals surface area contributed by atoms with Gasteiger partial charge in [0.05, 0.1) is 5.60 Å². The van der Waals surface area contributed by atoms with Crippen molar-refractivity contribution >= 4 is 0 Å². The van der Waals surface area contributed by atoms with Gasteiger partial charge in [0, 0.05) is 6.42 Å². The average molecular weight is 368 g/mol. The Morgan fingerprint density at radius 3 is 1.54 bits per heavy atom. The Bertz CT molecular complexity index is 351. The average Bonchev–Trinajstić information content (AvgIpc) is 2.39. The van der Waals surface area contributed by atoms with Crippen LogP contribution in [-0.2, 0) is 0 Å². The molecule has 0 bridgehead atoms. The summed E-state index contributed by atoms with van der Waals surface area (Å²) in [5, 5.41) is 9.77. The van der Waals surface area contributed by atoms with E-state index in [2.05, 4.69) is 6.92 Å². The zero-order chi connectivity index (χ0) is 19.1. The molecule has 1 nitrogen and oxygen atoms in total. The number of aliphatic hydroxyl groups is 1. The van der Waals surface area contributed by atoms with Gasteiger partial charge in [0.25, 0.3) is 0 Å². The predicted octanol–water partition coefficient (Wildman–Crippen LogP) is 6.49. The molecule has 146 valence electrons. The number of hydrogen-bond acceptors (Lipinski definition) is 1. The van der Waals surface area contributed by atoms with Crippen molar-refractivity contribution in [2.75, 3.05) is 0 Å². The van der Waals surface area contributed by atoms with Crippen molar-refractivity contribution in [2.24, 2.45) is 0 Å². The van der Waals surface area contributed by atoms with E-state index in [1.807, 2.05) is 0 Å². The zero-order valence-electron chi connectivity index (χ0n) is 14.2. The van der Waals surface area contributed by atoms with Crippen LogP contribution in [0.2, 0.25) is 0 Å². The molecule has 0 saturated carbocycles. The minimum absolute atomic E-state index is 0.245. The minimum Gasteiger partial charge on any atom is -0.390 e. The van der Waals surface area contributed by atoms with Crippen molar-refractivity contribution in [1.29, 1.82) is 0 Å². The normalized spacial score (nSPS) is 16.2. The lowest BCUT2D eigenvalue weighted by atomic mass is 9.89. The number of halogens is 7. The Labute approximate surface area is 138 Å². The fourth-order valence-corrected chi connectivity index (χ4v) is 2.52. The highest BCUT2D eigenvalue weighted by molar-refractivity contribution is 4.95. The Kier molecular flexibility index (Phi) is 9.04. The minimum atomic E-state index is -6.36. The molecule has 0 radical (unpaired) electrons. The second-order valence-electron chi connectivity index (χ2n) is 6.68. The molecule has 8 heteroatoms. The zero-order valence-corrected chi connectivity index (χ0v) is 14.2. The summed E-state index contributed by atoms with van der Waals surface area (Å²) in [7, 11) is 0. The Morgan fingerprint density at radius 1 is 0.708 bits per heavy atom. The molecule has 0 saturated heterocycles. The van der Waals surface area contributed by atoms with E-state index in [-0.39, 0.29) is 6.42 Å². The smallest absolute Gasteiger partial charge is 0.390 e. The fraction of sp³-hybridized carbons (Fsp3) is 1.00. The second kappa shape index (κ2) is 9.25. The van der Waals surface area contributed by atoms with Gasteiger partial charge in [-0.2, -0.15) is 30.7 Å². The summed E-state index contributed by atoms with van der Waals surface area (Å²) < 4.78 is 88.5. The molecule has 0 amide bonds. The van der Waals surface area contributed by atoms with Crippen LogP contribution in [0, 0.1) is 0 Å². The molecule has 24 heavy (non-hydrogen) atoms. The monoisotopic (exact) mass is 368 g/mol. The summed E-state index contributed by atoms with van der Waals surface area (Å²) in [6.45, 7) is 2.95. The summed E-state index contributed by atoms with van der Waals surface area (Å²) in [5.74, 6) is -11.5. The van der Waals surface area contributed by atoms with E-state index >= 15 is 0 Å². The van der Waals surface area contributed by atoms with Crippen LogP contribution >= 0.6 is 0 Å². The number of hydrogen-bond donors (Lipinski definition) is 1. The maximum atomic E-state index is 13.3. The Morgan fingerprint density at radius 2 is 1.12 bits per heavy atom. The molecule has 1 atom stereocenters. The van der Waals surface area contributed by atoms with Crippen LogP contribution in [0.1, 0.15) is 78.1 Å². The van der Waals surface area contributed by atoms with Crippen molar-refractivity contribution in [2.45, 2.75) is 102 Å². The van der Waals surface area contributed by atoms with E-state index in [0.717, 1.165) is 45.4 Å². The van der Waals surface area contributed by atoms with Gasteiger partial charge in [0.2, 0.25) is 0 Å². The van der Waals surface area contributed by atoms with E-state index in [1.54, 1.807) is 0 Å². The van der Waals surface area contributed by atoms with Gasteiger partial charge in [-0.25, -0.2) is 0 Å². The van der Waals surface area contributed by atoms with Crippen LogP contribution in [0.3, 0.4) is 0 Å². The molecule has 0 rings (SSSR count). The van der Waals surface area contributed by atoms with Gasteiger partial charge in [-0.1, -0.05) is 58.3 Å². The van der Waals surface area contributed by atoms with Crippen LogP contribution in [0.15, 0.2) is 0 Å². The van der Waals surface area contributed by atoms with Crippen LogP contribution in [-0.4, -0.2) is 28.7 Å². The Balaban J connectivity index is 4.29. The van der Waals surface area contributed by atoms with Crippen LogP contribution in [0.4, 0.5) is 30.7 Å². The van der Waals surface area contributed by atoms with Gasteiger partial charge in [0.15, 0.2) is 0 Å². The number of alkyl halides is 7. The van der Waals surface area contributed by atoms with Crippen molar-refractivity contribution in [3.8, 4) is 0 Å². The third-order valence-electron chi connectivity index (χ3n) is 3.99. The van der Waals surface area contributed by atoms with Gasteiger partial charge in [0.1, 0.15) is 0 Å². The summed E-state index contributed by atoms with van der Waals surface area (Å²) in [4.78, 5) is 0. The molecule has 0 heterocycles. The third-order valence-corrected chi connectivity index (χ3v) is 3.99. The molecule has 0 aliphatic carbocycles. The van der Waals surface area contributed by atoms with E-state index in [1.165, 1.54) is 0 Å². The van der Waals surface area contributed by atoms with Crippen LogP contribution < -0.4 is 0 Å². The van der Waals surface area contributed by atoms with Gasteiger partial charge in [-0.05, 0) is 13.3 Å². The summed E-state index contributed by atoms with van der Waals surface area (Å²) in [6.07, 6.45) is -1.46. The highest BCUT2D eigenvalue weighted by Crippen LogP contribution is 2.50. The lowest BCUT2D eigenvalue weighted by Crippen LogP contribution is -2.54. The van der Waals surface area contributed by atoms with Gasteiger partial charge in [-0.15, -0.1) is 0 Å². The van der Waals surface area contributed by atoms with Gasteiger partial charge >= 0.3 is 18.0 Å². The largest absolute Gasteiger partial charge is 0.459 e. The molecule has 1 N–H and O–H groups in total. The highest BCUT2D eigenvalue weighted by Gasteiger charge is 2.73. The summed E-state index contributed by atoms with van der Waals surface area (Å²) in [5.41, 5.74) is -2.28. The molecule has 0 aliphatic heterocycles. The number of rotatable bonds is 12. The molecular weight excluding hydrogens is 341 g/mol. The molecule has 1 unspecified atom stereocenters. The molecule has 0 aromatic rings. The lowest BCUT2D eigenvalue weighted by molar-refractivity contribution is -0.361. The van der Waals surface area contributed by atoms with E-state index in [9.17, 15) is 35.8 Å². The first-order valence-electron chi connectivity index (χ1n) is 8.31. The first-order valence-corrected chi connectivity index (χ1v) is 8.31. The maximum absolute atomic E-state index is 13.3.